The summed E-state index contributed by atoms with van der Waals surface area (Å²) in [6.45, 7) is 1.79. The van der Waals surface area contributed by atoms with Crippen LogP contribution < -0.4 is 0 Å². The number of rotatable bonds is 3. The first-order valence-corrected chi connectivity index (χ1v) is 5.20. The molecule has 1 N–H and O–H groups in total. The van der Waals surface area contributed by atoms with Gasteiger partial charge >= 0.3 is 0 Å². The van der Waals surface area contributed by atoms with Crippen LogP contribution in [0.25, 0.3) is 0 Å². The molecule has 0 saturated heterocycles. The Kier molecular flexibility index (Phi) is 2.75. The second-order valence-electron chi connectivity index (χ2n) is 4.12. The highest BCUT2D eigenvalue weighted by Crippen LogP contribution is 2.23. The van der Waals surface area contributed by atoms with Crippen LogP contribution in [0.4, 0.5) is 0 Å². The third kappa shape index (κ3) is 2.12. The highest BCUT2D eigenvalue weighted by atomic mass is 16.3. The number of hydrogen-bond acceptors (Lipinski definition) is 3. The summed E-state index contributed by atoms with van der Waals surface area (Å²) < 4.78 is 1.68. The molecule has 16 heavy (non-hydrogen) atoms. The van der Waals surface area contributed by atoms with Crippen LogP contribution in [0.15, 0.2) is 36.7 Å². The highest BCUT2D eigenvalue weighted by Gasteiger charge is 2.25. The maximum atomic E-state index is 10.4. The lowest BCUT2D eigenvalue weighted by Crippen LogP contribution is -2.25. The molecule has 1 unspecified atom stereocenters. The van der Waals surface area contributed by atoms with Crippen molar-refractivity contribution < 1.29 is 5.11 Å². The molecule has 1 heterocycles. The summed E-state index contributed by atoms with van der Waals surface area (Å²) in [7, 11) is 1.82. The lowest BCUT2D eigenvalue weighted by Gasteiger charge is -2.23. The van der Waals surface area contributed by atoms with Crippen molar-refractivity contribution in [2.75, 3.05) is 0 Å². The lowest BCUT2D eigenvalue weighted by atomic mass is 9.92. The van der Waals surface area contributed by atoms with Crippen molar-refractivity contribution in [3.63, 3.8) is 0 Å². The van der Waals surface area contributed by atoms with Gasteiger partial charge in [-0.15, -0.1) is 0 Å². The minimum absolute atomic E-state index is 0.452. The van der Waals surface area contributed by atoms with Gasteiger partial charge in [-0.3, -0.25) is 4.68 Å². The van der Waals surface area contributed by atoms with Gasteiger partial charge in [0.25, 0.3) is 0 Å². The second-order valence-corrected chi connectivity index (χ2v) is 4.12. The van der Waals surface area contributed by atoms with E-state index in [0.717, 1.165) is 11.4 Å². The van der Waals surface area contributed by atoms with E-state index in [1.165, 1.54) is 6.33 Å². The minimum atomic E-state index is -0.915. The molecule has 0 bridgehead atoms. The van der Waals surface area contributed by atoms with Gasteiger partial charge in [0.1, 0.15) is 12.2 Å². The van der Waals surface area contributed by atoms with Crippen LogP contribution in [0.5, 0.6) is 0 Å². The van der Waals surface area contributed by atoms with Gasteiger partial charge in [0, 0.05) is 13.5 Å². The Morgan fingerprint density at radius 1 is 1.31 bits per heavy atom. The van der Waals surface area contributed by atoms with Crippen molar-refractivity contribution in [2.24, 2.45) is 7.05 Å². The maximum Gasteiger partial charge on any atom is 0.138 e. The number of aromatic nitrogens is 3. The third-order valence-electron chi connectivity index (χ3n) is 2.70. The summed E-state index contributed by atoms with van der Waals surface area (Å²) in [4.78, 5) is 4.12. The van der Waals surface area contributed by atoms with Crippen molar-refractivity contribution in [3.8, 4) is 0 Å². The monoisotopic (exact) mass is 217 g/mol. The Balaban J connectivity index is 2.24. The number of nitrogens with zero attached hydrogens (tertiary/aromatic N) is 3. The molecule has 1 atom stereocenters. The van der Waals surface area contributed by atoms with Gasteiger partial charge in [-0.25, -0.2) is 4.98 Å². The van der Waals surface area contributed by atoms with Crippen molar-refractivity contribution >= 4 is 0 Å². The smallest absolute Gasteiger partial charge is 0.138 e. The number of hydrogen-bond donors (Lipinski definition) is 1. The molecule has 0 aliphatic rings. The summed E-state index contributed by atoms with van der Waals surface area (Å²) >= 11 is 0. The summed E-state index contributed by atoms with van der Waals surface area (Å²) in [6.07, 6.45) is 1.95. The summed E-state index contributed by atoms with van der Waals surface area (Å²) in [5.74, 6) is 0.772. The van der Waals surface area contributed by atoms with E-state index in [1.54, 1.807) is 11.6 Å². The Labute approximate surface area is 94.6 Å². The molecule has 4 nitrogen and oxygen atoms in total. The van der Waals surface area contributed by atoms with E-state index in [1.807, 2.05) is 37.4 Å². The average Bonchev–Trinajstić information content (AvgIpc) is 2.65. The third-order valence-corrected chi connectivity index (χ3v) is 2.70. The Bertz CT molecular complexity index is 462. The molecule has 0 radical (unpaired) electrons. The van der Waals surface area contributed by atoms with Gasteiger partial charge in [-0.05, 0) is 12.5 Å². The van der Waals surface area contributed by atoms with Crippen LogP contribution in [-0.2, 0) is 19.1 Å². The predicted octanol–water partition coefficient (Wildman–Crippen LogP) is 1.27. The summed E-state index contributed by atoms with van der Waals surface area (Å²) in [5, 5.41) is 14.4. The van der Waals surface area contributed by atoms with Crippen molar-refractivity contribution in [1.29, 1.82) is 0 Å². The molecule has 0 amide bonds. The van der Waals surface area contributed by atoms with Crippen molar-refractivity contribution in [1.82, 2.24) is 14.8 Å². The first kappa shape index (κ1) is 10.8. The van der Waals surface area contributed by atoms with Crippen LogP contribution in [0.2, 0.25) is 0 Å². The maximum absolute atomic E-state index is 10.4. The van der Waals surface area contributed by atoms with Gasteiger partial charge in [0.15, 0.2) is 0 Å². The first-order chi connectivity index (χ1) is 7.59. The highest BCUT2D eigenvalue weighted by molar-refractivity contribution is 5.22. The summed E-state index contributed by atoms with van der Waals surface area (Å²) in [5.41, 5.74) is -0.0276. The molecule has 0 fully saturated rings. The zero-order valence-corrected chi connectivity index (χ0v) is 9.46. The molecule has 1 aromatic carbocycles. The molecule has 2 rings (SSSR count). The number of aryl methyl sites for hydroxylation is 1. The number of aliphatic hydroxyl groups is 1. The molecule has 0 spiro atoms. The molecule has 84 valence electrons. The molecule has 2 aromatic rings. The van der Waals surface area contributed by atoms with E-state index in [-0.39, 0.29) is 0 Å². The molecule has 4 heteroatoms. The lowest BCUT2D eigenvalue weighted by molar-refractivity contribution is 0.0545. The average molecular weight is 217 g/mol. The Morgan fingerprint density at radius 2 is 2.00 bits per heavy atom. The van der Waals surface area contributed by atoms with Crippen LogP contribution in [-0.4, -0.2) is 19.9 Å². The van der Waals surface area contributed by atoms with E-state index >= 15 is 0 Å². The fourth-order valence-electron chi connectivity index (χ4n) is 1.69. The molecule has 0 aliphatic carbocycles. The van der Waals surface area contributed by atoms with Crippen LogP contribution in [0.3, 0.4) is 0 Å². The molecule has 1 aromatic heterocycles. The Morgan fingerprint density at radius 3 is 2.56 bits per heavy atom. The first-order valence-electron chi connectivity index (χ1n) is 5.20. The number of benzene rings is 1. The van der Waals surface area contributed by atoms with E-state index in [0.29, 0.717) is 6.42 Å². The van der Waals surface area contributed by atoms with E-state index in [2.05, 4.69) is 10.1 Å². The minimum Gasteiger partial charge on any atom is -0.385 e. The molecular formula is C12H15N3O. The predicted molar refractivity (Wildman–Crippen MR) is 60.7 cm³/mol. The van der Waals surface area contributed by atoms with Crippen molar-refractivity contribution in [2.45, 2.75) is 18.9 Å². The second kappa shape index (κ2) is 4.06. The van der Waals surface area contributed by atoms with Gasteiger partial charge in [-0.2, -0.15) is 5.10 Å². The SMILES string of the molecule is Cn1ncnc1CC(C)(O)c1ccccc1. The van der Waals surface area contributed by atoms with Crippen LogP contribution in [0.1, 0.15) is 18.3 Å². The summed E-state index contributed by atoms with van der Waals surface area (Å²) in [6, 6.07) is 9.59. The van der Waals surface area contributed by atoms with Crippen LogP contribution >= 0.6 is 0 Å². The van der Waals surface area contributed by atoms with Crippen LogP contribution in [0, 0.1) is 0 Å². The topological polar surface area (TPSA) is 50.9 Å². The van der Waals surface area contributed by atoms with E-state index in [9.17, 15) is 5.11 Å². The fraction of sp³-hybridized carbons (Fsp3) is 0.333. The normalized spacial score (nSPS) is 14.7. The molecular weight excluding hydrogens is 202 g/mol. The zero-order chi connectivity index (χ0) is 11.6. The largest absolute Gasteiger partial charge is 0.385 e. The van der Waals surface area contributed by atoms with E-state index < -0.39 is 5.60 Å². The van der Waals surface area contributed by atoms with Gasteiger partial charge < -0.3 is 5.11 Å². The van der Waals surface area contributed by atoms with Gasteiger partial charge in [0.05, 0.1) is 5.60 Å². The zero-order valence-electron chi connectivity index (χ0n) is 9.46. The Hall–Kier alpha value is -1.68. The quantitative estimate of drug-likeness (QED) is 0.842. The van der Waals surface area contributed by atoms with Gasteiger partial charge in [-0.1, -0.05) is 30.3 Å². The van der Waals surface area contributed by atoms with Gasteiger partial charge in [0.2, 0.25) is 0 Å². The molecule has 0 saturated carbocycles. The molecule has 0 aliphatic heterocycles. The standard InChI is InChI=1S/C12H15N3O/c1-12(16,10-6-4-3-5-7-10)8-11-13-9-14-15(11)2/h3-7,9,16H,8H2,1-2H3. The van der Waals surface area contributed by atoms with E-state index in [4.69, 9.17) is 0 Å². The van der Waals surface area contributed by atoms with Crippen molar-refractivity contribution in [3.05, 3.63) is 48.0 Å². The fourth-order valence-corrected chi connectivity index (χ4v) is 1.69.